The zero-order valence-electron chi connectivity index (χ0n) is 8.91. The number of fused-ring (bicyclic) bond motifs is 1. The third-order valence-corrected chi connectivity index (χ3v) is 4.08. The number of hydrogen-bond donors (Lipinski definition) is 0. The van der Waals surface area contributed by atoms with Crippen LogP contribution in [0.15, 0.2) is 36.4 Å². The van der Waals surface area contributed by atoms with Gasteiger partial charge >= 0.3 is 102 Å². The van der Waals surface area contributed by atoms with Gasteiger partial charge < -0.3 is 0 Å². The molecule has 0 radical (unpaired) electrons. The first-order valence-corrected chi connectivity index (χ1v) is 6.54. The number of ether oxygens (including phenoxy) is 1. The Morgan fingerprint density at radius 1 is 1.06 bits per heavy atom. The van der Waals surface area contributed by atoms with E-state index >= 15 is 0 Å². The summed E-state index contributed by atoms with van der Waals surface area (Å²) < 4.78 is 42.9. The Labute approximate surface area is 103 Å². The average molecular weight is 305 g/mol. The van der Waals surface area contributed by atoms with E-state index in [2.05, 4.69) is 0 Å². The van der Waals surface area contributed by atoms with Crippen molar-refractivity contribution in [3.8, 4) is 5.75 Å². The summed E-state index contributed by atoms with van der Waals surface area (Å²) in [6.45, 7) is 0. The van der Waals surface area contributed by atoms with E-state index in [1.807, 2.05) is 0 Å². The molecule has 0 saturated heterocycles. The van der Waals surface area contributed by atoms with E-state index in [9.17, 15) is 13.2 Å². The Hall–Kier alpha value is -1.19. The molecule has 0 amide bonds. The summed E-state index contributed by atoms with van der Waals surface area (Å²) in [5.74, 6) is 0.307. The molecule has 0 aromatic heterocycles. The van der Waals surface area contributed by atoms with E-state index in [0.717, 1.165) is 5.39 Å². The van der Waals surface area contributed by atoms with Gasteiger partial charge in [0.2, 0.25) is 0 Å². The minimum absolute atomic E-state index is 0.255. The second-order valence-electron chi connectivity index (χ2n) is 3.37. The number of halogens is 3. The van der Waals surface area contributed by atoms with E-state index in [1.54, 1.807) is 36.4 Å². The molecule has 0 aliphatic rings. The van der Waals surface area contributed by atoms with Crippen molar-refractivity contribution >= 4 is 30.2 Å². The Kier molecular flexibility index (Phi) is 3.31. The van der Waals surface area contributed by atoms with Crippen LogP contribution in [0.1, 0.15) is 0 Å². The summed E-state index contributed by atoms with van der Waals surface area (Å²) in [7, 11) is 1.39. The van der Waals surface area contributed by atoms with Gasteiger partial charge in [-0.2, -0.15) is 0 Å². The predicted molar refractivity (Wildman–Crippen MR) is 61.9 cm³/mol. The molecule has 0 atom stereocenters. The fourth-order valence-electron chi connectivity index (χ4n) is 1.60. The summed E-state index contributed by atoms with van der Waals surface area (Å²) in [5, 5.41) is -2.76. The van der Waals surface area contributed by atoms with Crippen LogP contribution in [0.3, 0.4) is 0 Å². The summed E-state index contributed by atoms with van der Waals surface area (Å²) >= 11 is -1.60. The molecule has 5 heteroatoms. The van der Waals surface area contributed by atoms with Crippen molar-refractivity contribution in [2.75, 3.05) is 7.11 Å². The fourth-order valence-corrected chi connectivity index (χ4v) is 3.24. The number of hydrogen-bond acceptors (Lipinski definition) is 1. The third-order valence-electron chi connectivity index (χ3n) is 2.28. The molecule has 0 unspecified atom stereocenters. The van der Waals surface area contributed by atoms with E-state index in [0.29, 0.717) is 11.1 Å². The standard InChI is InChI=1S/C12H9F3OSe/c1-16-10-7-6-8-4-2-3-5-9(8)11(10)17-12(13,14)15/h2-7H,1H3. The molecular formula is C12H9F3OSe. The summed E-state index contributed by atoms with van der Waals surface area (Å²) in [6, 6.07) is 10.4. The van der Waals surface area contributed by atoms with Crippen molar-refractivity contribution in [3.63, 3.8) is 0 Å². The Morgan fingerprint density at radius 3 is 2.41 bits per heavy atom. The van der Waals surface area contributed by atoms with Gasteiger partial charge in [0.1, 0.15) is 0 Å². The van der Waals surface area contributed by atoms with E-state index in [1.165, 1.54) is 7.11 Å². The molecule has 17 heavy (non-hydrogen) atoms. The molecule has 0 aliphatic carbocycles. The summed E-state index contributed by atoms with van der Waals surface area (Å²) in [6.07, 6.45) is 0. The number of alkyl halides is 3. The van der Waals surface area contributed by atoms with Crippen LogP contribution in [0.25, 0.3) is 10.8 Å². The maximum absolute atomic E-state index is 12.6. The van der Waals surface area contributed by atoms with Gasteiger partial charge in [-0.15, -0.1) is 0 Å². The van der Waals surface area contributed by atoms with Gasteiger partial charge in [-0.1, -0.05) is 0 Å². The van der Waals surface area contributed by atoms with Crippen molar-refractivity contribution in [1.82, 2.24) is 0 Å². The average Bonchev–Trinajstić information content (AvgIpc) is 2.28. The Morgan fingerprint density at radius 2 is 1.76 bits per heavy atom. The number of rotatable bonds is 2. The van der Waals surface area contributed by atoms with Crippen LogP contribution in [-0.2, 0) is 0 Å². The molecule has 0 bridgehead atoms. The molecule has 0 aliphatic heterocycles. The van der Waals surface area contributed by atoms with Gasteiger partial charge in [0.15, 0.2) is 0 Å². The van der Waals surface area contributed by atoms with Crippen LogP contribution in [0.2, 0.25) is 0 Å². The predicted octanol–water partition coefficient (Wildman–Crippen LogP) is 2.70. The molecule has 0 saturated carbocycles. The normalized spacial score (nSPS) is 11.8. The van der Waals surface area contributed by atoms with Crippen LogP contribution in [0.5, 0.6) is 5.75 Å². The zero-order valence-corrected chi connectivity index (χ0v) is 10.6. The molecule has 2 aromatic rings. The van der Waals surface area contributed by atoms with Gasteiger partial charge in [0, 0.05) is 0 Å². The topological polar surface area (TPSA) is 9.23 Å². The molecule has 2 rings (SSSR count). The van der Waals surface area contributed by atoms with Crippen molar-refractivity contribution in [3.05, 3.63) is 36.4 Å². The fraction of sp³-hybridized carbons (Fsp3) is 0.167. The molecule has 90 valence electrons. The molecule has 0 fully saturated rings. The van der Waals surface area contributed by atoms with E-state index in [-0.39, 0.29) is 4.46 Å². The van der Waals surface area contributed by atoms with E-state index < -0.39 is 20.0 Å². The molecule has 1 nitrogen and oxygen atoms in total. The van der Waals surface area contributed by atoms with Gasteiger partial charge in [-0.25, -0.2) is 0 Å². The SMILES string of the molecule is COc1ccc2ccccc2c1[Se]C(F)(F)F. The number of methoxy groups -OCH3 is 1. The zero-order chi connectivity index (χ0) is 12.5. The van der Waals surface area contributed by atoms with Gasteiger partial charge in [0.25, 0.3) is 0 Å². The first-order valence-electron chi connectivity index (χ1n) is 4.83. The maximum atomic E-state index is 12.6. The van der Waals surface area contributed by atoms with Crippen LogP contribution in [0, 0.1) is 0 Å². The van der Waals surface area contributed by atoms with Crippen LogP contribution in [-0.4, -0.2) is 27.1 Å². The molecule has 2 aromatic carbocycles. The minimum atomic E-state index is -4.18. The number of benzene rings is 2. The van der Waals surface area contributed by atoms with Gasteiger partial charge in [-0.05, 0) is 0 Å². The van der Waals surface area contributed by atoms with E-state index in [4.69, 9.17) is 4.74 Å². The van der Waals surface area contributed by atoms with Crippen LogP contribution < -0.4 is 9.20 Å². The Balaban J connectivity index is 2.63. The molecular weight excluding hydrogens is 296 g/mol. The van der Waals surface area contributed by atoms with Crippen LogP contribution in [0.4, 0.5) is 13.2 Å². The van der Waals surface area contributed by atoms with Gasteiger partial charge in [0.05, 0.1) is 0 Å². The quantitative estimate of drug-likeness (QED) is 0.775. The van der Waals surface area contributed by atoms with Crippen molar-refractivity contribution < 1.29 is 17.9 Å². The summed E-state index contributed by atoms with van der Waals surface area (Å²) in [5.41, 5.74) is 0. The van der Waals surface area contributed by atoms with Crippen molar-refractivity contribution in [2.45, 2.75) is 5.07 Å². The van der Waals surface area contributed by atoms with Crippen molar-refractivity contribution in [1.29, 1.82) is 0 Å². The van der Waals surface area contributed by atoms with Crippen molar-refractivity contribution in [2.24, 2.45) is 0 Å². The third kappa shape index (κ3) is 2.73. The molecule has 0 spiro atoms. The monoisotopic (exact) mass is 306 g/mol. The molecule has 0 N–H and O–H groups in total. The molecule has 0 heterocycles. The van der Waals surface area contributed by atoms with Gasteiger partial charge in [-0.3, -0.25) is 0 Å². The second-order valence-corrected chi connectivity index (χ2v) is 5.62. The summed E-state index contributed by atoms with van der Waals surface area (Å²) in [4.78, 5) is 0. The van der Waals surface area contributed by atoms with Crippen LogP contribution >= 0.6 is 0 Å². The first kappa shape index (κ1) is 12.3. The Bertz CT molecular complexity index is 537. The first-order chi connectivity index (χ1) is 8.01. The second kappa shape index (κ2) is 4.59.